The van der Waals surface area contributed by atoms with Crippen LogP contribution in [0.3, 0.4) is 0 Å². The molecule has 0 aromatic rings. The summed E-state index contributed by atoms with van der Waals surface area (Å²) in [5.41, 5.74) is -0.525. The van der Waals surface area contributed by atoms with Crippen LogP contribution in [0.5, 0.6) is 0 Å². The van der Waals surface area contributed by atoms with Crippen molar-refractivity contribution in [3.05, 3.63) is 0 Å². The predicted octanol–water partition coefficient (Wildman–Crippen LogP) is 0.864. The van der Waals surface area contributed by atoms with Gasteiger partial charge in [-0.25, -0.2) is 0 Å². The quantitative estimate of drug-likeness (QED) is 0.452. The Balaban J connectivity index is 1.85. The van der Waals surface area contributed by atoms with E-state index in [1.807, 2.05) is 0 Å². The highest BCUT2D eigenvalue weighted by molar-refractivity contribution is 14.1. The van der Waals surface area contributed by atoms with E-state index in [9.17, 15) is 9.90 Å². The second-order valence-electron chi connectivity index (χ2n) is 5.43. The van der Waals surface area contributed by atoms with Crippen molar-refractivity contribution in [2.45, 2.75) is 49.3 Å². The molecule has 5 atom stereocenters. The van der Waals surface area contributed by atoms with E-state index in [2.05, 4.69) is 22.6 Å². The Hall–Kier alpha value is 0.0800. The van der Waals surface area contributed by atoms with E-state index in [1.54, 1.807) is 20.8 Å². The van der Waals surface area contributed by atoms with Crippen LogP contribution in [0.1, 0.15) is 20.8 Å². The van der Waals surface area contributed by atoms with Crippen molar-refractivity contribution in [2.75, 3.05) is 6.61 Å². The maximum atomic E-state index is 11.6. The Kier molecular flexibility index (Phi) is 3.69. The van der Waals surface area contributed by atoms with E-state index in [0.29, 0.717) is 0 Å². The van der Waals surface area contributed by atoms with Crippen LogP contribution < -0.4 is 0 Å². The Morgan fingerprint density at radius 2 is 2.06 bits per heavy atom. The van der Waals surface area contributed by atoms with E-state index >= 15 is 0 Å². The number of hydrogen-bond donors (Lipinski definition) is 1. The average molecular weight is 356 g/mol. The van der Waals surface area contributed by atoms with Crippen LogP contribution in [0, 0.1) is 5.41 Å². The Labute approximate surface area is 114 Å². The van der Waals surface area contributed by atoms with Gasteiger partial charge in [0.2, 0.25) is 0 Å². The average Bonchev–Trinajstić information content (AvgIpc) is 2.75. The molecule has 2 saturated heterocycles. The van der Waals surface area contributed by atoms with Crippen molar-refractivity contribution in [1.82, 2.24) is 0 Å². The second kappa shape index (κ2) is 4.64. The van der Waals surface area contributed by atoms with Crippen molar-refractivity contribution in [3.63, 3.8) is 0 Å². The normalized spacial score (nSPS) is 40.6. The Morgan fingerprint density at radius 3 is 2.53 bits per heavy atom. The number of fused-ring (bicyclic) bond motifs is 2. The minimum atomic E-state index is -0.548. The first-order valence-electron chi connectivity index (χ1n) is 5.61. The van der Waals surface area contributed by atoms with Crippen molar-refractivity contribution in [3.8, 4) is 0 Å². The van der Waals surface area contributed by atoms with E-state index in [0.717, 1.165) is 0 Å². The van der Waals surface area contributed by atoms with Gasteiger partial charge in [-0.2, -0.15) is 0 Å². The van der Waals surface area contributed by atoms with Gasteiger partial charge in [0, 0.05) is 0 Å². The monoisotopic (exact) mass is 356 g/mol. The summed E-state index contributed by atoms with van der Waals surface area (Å²) in [7, 11) is 0. The van der Waals surface area contributed by atoms with Gasteiger partial charge in [-0.05, 0) is 20.8 Å². The number of aliphatic hydroxyl groups excluding tert-OH is 1. The number of carbonyl (C=O) groups is 1. The first kappa shape index (κ1) is 13.5. The first-order chi connectivity index (χ1) is 7.80. The van der Waals surface area contributed by atoms with Gasteiger partial charge in [0.1, 0.15) is 18.8 Å². The molecule has 2 rings (SSSR count). The van der Waals surface area contributed by atoms with Crippen molar-refractivity contribution in [2.24, 2.45) is 5.41 Å². The fraction of sp³-hybridized carbons (Fsp3) is 0.909. The molecule has 6 heteroatoms. The van der Waals surface area contributed by atoms with Crippen LogP contribution in [0.15, 0.2) is 0 Å². The standard InChI is InChI=1S/C11H17IO5/c1-11(2,3)10(14)15-4-5-8-7(13)6(12)9(16-5)17-8/h5-9,13H,4H2,1-3H3/t5-,6?,7-,8+,9+/m1/s1. The highest BCUT2D eigenvalue weighted by atomic mass is 127. The molecule has 2 heterocycles. The van der Waals surface area contributed by atoms with Gasteiger partial charge in [-0.3, -0.25) is 4.79 Å². The van der Waals surface area contributed by atoms with E-state index < -0.39 is 11.5 Å². The van der Waals surface area contributed by atoms with Gasteiger partial charge < -0.3 is 19.3 Å². The van der Waals surface area contributed by atoms with E-state index in [-0.39, 0.29) is 35.0 Å². The topological polar surface area (TPSA) is 65.0 Å². The maximum Gasteiger partial charge on any atom is 0.311 e. The number of rotatable bonds is 2. The number of alkyl halides is 1. The Bertz CT molecular complexity index is 311. The summed E-state index contributed by atoms with van der Waals surface area (Å²) in [5, 5.41) is 9.83. The molecule has 98 valence electrons. The van der Waals surface area contributed by atoms with Gasteiger partial charge >= 0.3 is 5.97 Å². The summed E-state index contributed by atoms with van der Waals surface area (Å²) in [5.74, 6) is -0.274. The van der Waals surface area contributed by atoms with Crippen LogP contribution in [0.2, 0.25) is 0 Å². The van der Waals surface area contributed by atoms with Gasteiger partial charge in [0.25, 0.3) is 0 Å². The zero-order valence-corrected chi connectivity index (χ0v) is 12.2. The third-order valence-corrected chi connectivity index (χ3v) is 4.20. The minimum absolute atomic E-state index is 0.0489. The lowest BCUT2D eigenvalue weighted by Crippen LogP contribution is -2.45. The van der Waals surface area contributed by atoms with E-state index in [4.69, 9.17) is 14.2 Å². The Morgan fingerprint density at radius 1 is 1.41 bits per heavy atom. The number of carbonyl (C=O) groups excluding carboxylic acids is 1. The lowest BCUT2D eigenvalue weighted by Gasteiger charge is -2.27. The molecule has 0 radical (unpaired) electrons. The molecule has 0 saturated carbocycles. The fourth-order valence-electron chi connectivity index (χ4n) is 1.83. The van der Waals surface area contributed by atoms with Crippen molar-refractivity contribution in [1.29, 1.82) is 0 Å². The summed E-state index contributed by atoms with van der Waals surface area (Å²) in [6.45, 7) is 5.52. The van der Waals surface area contributed by atoms with Crippen LogP contribution in [0.25, 0.3) is 0 Å². The number of esters is 1. The minimum Gasteiger partial charge on any atom is -0.462 e. The van der Waals surface area contributed by atoms with Crippen LogP contribution in [0.4, 0.5) is 0 Å². The zero-order chi connectivity index (χ0) is 12.8. The number of ether oxygens (including phenoxy) is 3. The van der Waals surface area contributed by atoms with Gasteiger partial charge in [0.15, 0.2) is 6.29 Å². The summed E-state index contributed by atoms with van der Waals surface area (Å²) >= 11 is 2.11. The maximum absolute atomic E-state index is 11.6. The lowest BCUT2D eigenvalue weighted by molar-refractivity contribution is -0.159. The molecule has 17 heavy (non-hydrogen) atoms. The smallest absolute Gasteiger partial charge is 0.311 e. The zero-order valence-electron chi connectivity index (χ0n) is 10.1. The molecule has 0 aromatic heterocycles. The molecule has 5 nitrogen and oxygen atoms in total. The SMILES string of the molecule is CC(C)(C)C(=O)OC[C@H]1O[C@H]2O[C@@H]1[C@H](O)C2I. The molecule has 2 fully saturated rings. The predicted molar refractivity (Wildman–Crippen MR) is 67.8 cm³/mol. The van der Waals surface area contributed by atoms with Gasteiger partial charge in [-0.15, -0.1) is 0 Å². The summed E-state index contributed by atoms with van der Waals surface area (Å²) in [6, 6.07) is 0. The molecule has 0 aromatic carbocycles. The first-order valence-corrected chi connectivity index (χ1v) is 6.85. The van der Waals surface area contributed by atoms with Crippen LogP contribution in [-0.4, -0.2) is 46.2 Å². The summed E-state index contributed by atoms with van der Waals surface area (Å²) in [6.07, 6.45) is -1.66. The summed E-state index contributed by atoms with van der Waals surface area (Å²) in [4.78, 5) is 11.6. The second-order valence-corrected chi connectivity index (χ2v) is 6.87. The van der Waals surface area contributed by atoms with Gasteiger partial charge in [0.05, 0.1) is 15.4 Å². The number of hydrogen-bond acceptors (Lipinski definition) is 5. The molecule has 2 bridgehead atoms. The van der Waals surface area contributed by atoms with E-state index in [1.165, 1.54) is 0 Å². The molecule has 0 amide bonds. The molecule has 1 unspecified atom stereocenters. The molecular weight excluding hydrogens is 339 g/mol. The van der Waals surface area contributed by atoms with Crippen LogP contribution >= 0.6 is 22.6 Å². The molecular formula is C11H17IO5. The third-order valence-electron chi connectivity index (χ3n) is 2.88. The number of aliphatic hydroxyl groups is 1. The largest absolute Gasteiger partial charge is 0.462 e. The molecule has 2 aliphatic heterocycles. The highest BCUT2D eigenvalue weighted by Crippen LogP contribution is 2.38. The highest BCUT2D eigenvalue weighted by Gasteiger charge is 2.54. The van der Waals surface area contributed by atoms with Crippen molar-refractivity contribution >= 4 is 28.6 Å². The van der Waals surface area contributed by atoms with Crippen molar-refractivity contribution < 1.29 is 24.1 Å². The molecule has 2 aliphatic rings. The van der Waals surface area contributed by atoms with Gasteiger partial charge in [-0.1, -0.05) is 22.6 Å². The fourth-order valence-corrected chi connectivity index (χ4v) is 2.57. The number of halogens is 1. The summed E-state index contributed by atoms with van der Waals surface area (Å²) < 4.78 is 16.1. The third kappa shape index (κ3) is 2.59. The molecule has 0 aliphatic carbocycles. The molecule has 0 spiro atoms. The lowest BCUT2D eigenvalue weighted by atomic mass is 9.97. The molecule has 1 N–H and O–H groups in total. The van der Waals surface area contributed by atoms with Crippen LogP contribution in [-0.2, 0) is 19.0 Å².